The second-order valence-electron chi connectivity index (χ2n) is 6.27. The fraction of sp³-hybridized carbons (Fsp3) is 0.200. The third-order valence-corrected chi connectivity index (χ3v) is 5.34. The van der Waals surface area contributed by atoms with Crippen molar-refractivity contribution in [2.45, 2.75) is 12.5 Å². The lowest BCUT2D eigenvalue weighted by atomic mass is 10.1. The minimum atomic E-state index is -1.04. The molecule has 1 heterocycles. The van der Waals surface area contributed by atoms with Gasteiger partial charge >= 0.3 is 0 Å². The van der Waals surface area contributed by atoms with E-state index >= 15 is 0 Å². The number of fused-ring (bicyclic) bond motifs is 1. The van der Waals surface area contributed by atoms with Crippen molar-refractivity contribution in [2.24, 2.45) is 0 Å². The molecule has 1 aliphatic rings. The number of nitrogens with zero attached hydrogens (tertiary/aromatic N) is 1. The Morgan fingerprint density at radius 1 is 1.00 bits per heavy atom. The summed E-state index contributed by atoms with van der Waals surface area (Å²) in [5.41, 5.74) is 5.47. The maximum atomic E-state index is 12.8. The van der Waals surface area contributed by atoms with Gasteiger partial charge in [-0.2, -0.15) is 11.8 Å². The molecule has 7 nitrogen and oxygen atoms in total. The molecule has 0 bridgehead atoms. The molecule has 0 spiro atoms. The van der Waals surface area contributed by atoms with E-state index in [1.807, 2.05) is 6.26 Å². The molecule has 9 heteroatoms. The van der Waals surface area contributed by atoms with Gasteiger partial charge in [0.25, 0.3) is 23.6 Å². The maximum absolute atomic E-state index is 12.8. The van der Waals surface area contributed by atoms with Crippen LogP contribution in [0.1, 0.15) is 37.5 Å². The number of carbonyl (C=O) groups excluding carboxylic acids is 4. The lowest BCUT2D eigenvalue weighted by Crippen LogP contribution is -2.54. The van der Waals surface area contributed by atoms with Gasteiger partial charge in [-0.1, -0.05) is 23.7 Å². The van der Waals surface area contributed by atoms with Crippen molar-refractivity contribution >= 4 is 47.0 Å². The number of hydrogen-bond acceptors (Lipinski definition) is 5. The Morgan fingerprint density at radius 2 is 1.59 bits per heavy atom. The van der Waals surface area contributed by atoms with Crippen LogP contribution in [0.15, 0.2) is 48.5 Å². The van der Waals surface area contributed by atoms with Gasteiger partial charge in [0.15, 0.2) is 0 Å². The Kier molecular flexibility index (Phi) is 6.56. The monoisotopic (exact) mass is 431 g/mol. The first-order valence-corrected chi connectivity index (χ1v) is 10.5. The van der Waals surface area contributed by atoms with E-state index in [1.165, 1.54) is 23.9 Å². The van der Waals surface area contributed by atoms with Gasteiger partial charge in [0.05, 0.1) is 11.1 Å². The minimum absolute atomic E-state index is 0.259. The molecule has 2 aromatic rings. The third kappa shape index (κ3) is 4.44. The van der Waals surface area contributed by atoms with Gasteiger partial charge in [-0.15, -0.1) is 0 Å². The smallest absolute Gasteiger partial charge is 0.269 e. The predicted octanol–water partition coefficient (Wildman–Crippen LogP) is 2.52. The fourth-order valence-corrected chi connectivity index (χ4v) is 3.56. The zero-order chi connectivity index (χ0) is 21.0. The van der Waals surface area contributed by atoms with Gasteiger partial charge < -0.3 is 0 Å². The molecule has 150 valence electrons. The molecule has 0 aromatic heterocycles. The third-order valence-electron chi connectivity index (χ3n) is 4.44. The van der Waals surface area contributed by atoms with E-state index < -0.39 is 29.7 Å². The van der Waals surface area contributed by atoms with E-state index in [4.69, 9.17) is 11.6 Å². The Morgan fingerprint density at radius 3 is 2.14 bits per heavy atom. The first-order chi connectivity index (χ1) is 13.9. The Labute approximate surface area is 176 Å². The number of rotatable bonds is 6. The molecule has 1 aliphatic heterocycles. The zero-order valence-electron chi connectivity index (χ0n) is 15.5. The van der Waals surface area contributed by atoms with E-state index in [1.54, 1.807) is 36.4 Å². The summed E-state index contributed by atoms with van der Waals surface area (Å²) in [5, 5.41) is 0.480. The summed E-state index contributed by atoms with van der Waals surface area (Å²) in [5.74, 6) is -1.67. The number of amides is 4. The summed E-state index contributed by atoms with van der Waals surface area (Å²) in [4.78, 5) is 51.4. The molecular weight excluding hydrogens is 414 g/mol. The summed E-state index contributed by atoms with van der Waals surface area (Å²) < 4.78 is 0. The van der Waals surface area contributed by atoms with Gasteiger partial charge in [-0.05, 0) is 54.8 Å². The van der Waals surface area contributed by atoms with Crippen molar-refractivity contribution < 1.29 is 19.2 Å². The number of hydrazine groups is 1. The molecular formula is C20H18ClN3O4S. The predicted molar refractivity (Wildman–Crippen MR) is 111 cm³/mol. The highest BCUT2D eigenvalue weighted by atomic mass is 35.5. The van der Waals surface area contributed by atoms with Crippen molar-refractivity contribution in [2.75, 3.05) is 12.0 Å². The topological polar surface area (TPSA) is 95.6 Å². The van der Waals surface area contributed by atoms with E-state index in [0.717, 1.165) is 4.90 Å². The molecule has 0 fully saturated rings. The van der Waals surface area contributed by atoms with Crippen molar-refractivity contribution in [1.29, 1.82) is 0 Å². The zero-order valence-corrected chi connectivity index (χ0v) is 17.0. The molecule has 0 aliphatic carbocycles. The van der Waals surface area contributed by atoms with E-state index in [-0.39, 0.29) is 17.5 Å². The largest absolute Gasteiger partial charge is 0.271 e. The number of halogens is 1. The fourth-order valence-electron chi connectivity index (χ4n) is 2.97. The van der Waals surface area contributed by atoms with Crippen molar-refractivity contribution in [3.05, 3.63) is 70.2 Å². The minimum Gasteiger partial charge on any atom is -0.271 e. The van der Waals surface area contributed by atoms with Gasteiger partial charge in [0, 0.05) is 10.6 Å². The Bertz CT molecular complexity index is 929. The van der Waals surface area contributed by atoms with Crippen molar-refractivity contribution in [3.8, 4) is 0 Å². The average Bonchev–Trinajstić information content (AvgIpc) is 2.98. The van der Waals surface area contributed by atoms with Crippen LogP contribution in [0.2, 0.25) is 5.02 Å². The first-order valence-electron chi connectivity index (χ1n) is 8.75. The van der Waals surface area contributed by atoms with Crippen LogP contribution < -0.4 is 10.9 Å². The summed E-state index contributed by atoms with van der Waals surface area (Å²) in [6.07, 6.45) is 2.12. The number of imide groups is 1. The van der Waals surface area contributed by atoms with Gasteiger partial charge in [0.1, 0.15) is 6.04 Å². The van der Waals surface area contributed by atoms with Gasteiger partial charge in [-0.25, -0.2) is 0 Å². The molecule has 1 atom stereocenters. The standard InChI is InChI=1S/C20H18ClN3O4S/c1-29-11-10-16(24-19(27)14-4-2-3-5-15(14)20(24)28)18(26)23-22-17(25)12-6-8-13(21)9-7-12/h2-9,16H,10-11H2,1H3,(H,22,25)(H,23,26)/t16-/m0/s1. The van der Waals surface area contributed by atoms with Crippen LogP contribution in [0.3, 0.4) is 0 Å². The second-order valence-corrected chi connectivity index (χ2v) is 7.70. The van der Waals surface area contributed by atoms with Gasteiger partial charge in [0.2, 0.25) is 0 Å². The summed E-state index contributed by atoms with van der Waals surface area (Å²) >= 11 is 7.29. The number of carbonyl (C=O) groups is 4. The number of nitrogens with one attached hydrogen (secondary N) is 2. The van der Waals surface area contributed by atoms with Crippen LogP contribution in [-0.4, -0.2) is 46.6 Å². The molecule has 4 amide bonds. The van der Waals surface area contributed by atoms with E-state index in [0.29, 0.717) is 16.3 Å². The molecule has 0 saturated carbocycles. The first kappa shape index (κ1) is 20.9. The molecule has 0 unspecified atom stereocenters. The number of benzene rings is 2. The highest BCUT2D eigenvalue weighted by Crippen LogP contribution is 2.26. The average molecular weight is 432 g/mol. The number of thioether (sulfide) groups is 1. The van der Waals surface area contributed by atoms with Crippen LogP contribution in [-0.2, 0) is 4.79 Å². The molecule has 2 aromatic carbocycles. The normalized spacial score (nSPS) is 13.8. The maximum Gasteiger partial charge on any atom is 0.269 e. The van der Waals surface area contributed by atoms with Crippen LogP contribution in [0.25, 0.3) is 0 Å². The summed E-state index contributed by atoms with van der Waals surface area (Å²) in [7, 11) is 0. The van der Waals surface area contributed by atoms with Crippen LogP contribution >= 0.6 is 23.4 Å². The second kappa shape index (κ2) is 9.11. The Balaban J connectivity index is 1.74. The molecule has 0 radical (unpaired) electrons. The lowest BCUT2D eigenvalue weighted by Gasteiger charge is -2.25. The van der Waals surface area contributed by atoms with Crippen LogP contribution in [0, 0.1) is 0 Å². The van der Waals surface area contributed by atoms with Crippen LogP contribution in [0.5, 0.6) is 0 Å². The summed E-state index contributed by atoms with van der Waals surface area (Å²) in [6, 6.07) is 11.5. The van der Waals surface area contributed by atoms with E-state index in [9.17, 15) is 19.2 Å². The summed E-state index contributed by atoms with van der Waals surface area (Å²) in [6.45, 7) is 0. The number of hydrogen-bond donors (Lipinski definition) is 2. The van der Waals surface area contributed by atoms with Crippen molar-refractivity contribution in [1.82, 2.24) is 15.8 Å². The Hall–Kier alpha value is -2.84. The van der Waals surface area contributed by atoms with Gasteiger partial charge in [-0.3, -0.25) is 34.9 Å². The molecule has 2 N–H and O–H groups in total. The highest BCUT2D eigenvalue weighted by Gasteiger charge is 2.42. The van der Waals surface area contributed by atoms with E-state index in [2.05, 4.69) is 10.9 Å². The molecule has 0 saturated heterocycles. The molecule has 3 rings (SSSR count). The SMILES string of the molecule is CSCC[C@@H](C(=O)NNC(=O)c1ccc(Cl)cc1)N1C(=O)c2ccccc2C1=O. The highest BCUT2D eigenvalue weighted by molar-refractivity contribution is 7.98. The van der Waals surface area contributed by atoms with Crippen LogP contribution in [0.4, 0.5) is 0 Å². The molecule has 29 heavy (non-hydrogen) atoms. The lowest BCUT2D eigenvalue weighted by molar-refractivity contribution is -0.125. The quantitative estimate of drug-likeness (QED) is 0.541. The van der Waals surface area contributed by atoms with Crippen molar-refractivity contribution in [3.63, 3.8) is 0 Å².